The number of ether oxygens (including phenoxy) is 3. The van der Waals surface area contributed by atoms with Crippen molar-refractivity contribution in [1.29, 1.82) is 0 Å². The second-order valence-electron chi connectivity index (χ2n) is 8.33. The van der Waals surface area contributed by atoms with E-state index < -0.39 is 12.1 Å². The normalized spacial score (nSPS) is 33.6. The molecule has 1 aliphatic heterocycles. The van der Waals surface area contributed by atoms with E-state index in [1.54, 1.807) is 6.92 Å². The van der Waals surface area contributed by atoms with Gasteiger partial charge in [-0.05, 0) is 49.7 Å². The van der Waals surface area contributed by atoms with Crippen molar-refractivity contribution < 1.29 is 24.4 Å². The maximum Gasteiger partial charge on any atom is 0.162 e. The number of rotatable bonds is 7. The Bertz CT molecular complexity index is 561. The maximum absolute atomic E-state index is 10.6. The Labute approximate surface area is 162 Å². The molecule has 0 radical (unpaired) electrons. The Balaban J connectivity index is 1.48. The number of hydrogen-bond acceptors (Lipinski definition) is 5. The lowest BCUT2D eigenvalue weighted by atomic mass is 9.66. The molecule has 4 unspecified atom stereocenters. The van der Waals surface area contributed by atoms with E-state index in [9.17, 15) is 10.2 Å². The van der Waals surface area contributed by atoms with Crippen molar-refractivity contribution in [1.82, 2.24) is 0 Å². The lowest BCUT2D eigenvalue weighted by molar-refractivity contribution is -0.201. The molecular formula is C22H34O5. The SMILES string of the molecule is C[C@@H](C(O)OCCOc1ccccc1)C1CCCC2CC[C@@](C)(O)OCC21. The summed E-state index contributed by atoms with van der Waals surface area (Å²) in [5.74, 6) is 1.11. The van der Waals surface area contributed by atoms with Gasteiger partial charge in [0.05, 0.1) is 13.2 Å². The number of aliphatic hydroxyl groups excluding tert-OH is 1. The summed E-state index contributed by atoms with van der Waals surface area (Å²) >= 11 is 0. The van der Waals surface area contributed by atoms with Crippen LogP contribution in [0, 0.1) is 23.7 Å². The van der Waals surface area contributed by atoms with Gasteiger partial charge in [0.2, 0.25) is 0 Å². The summed E-state index contributed by atoms with van der Waals surface area (Å²) in [7, 11) is 0. The van der Waals surface area contributed by atoms with Crippen molar-refractivity contribution in [2.45, 2.75) is 58.0 Å². The molecule has 0 amide bonds. The van der Waals surface area contributed by atoms with E-state index in [4.69, 9.17) is 14.2 Å². The Morgan fingerprint density at radius 1 is 1.19 bits per heavy atom. The van der Waals surface area contributed by atoms with Crippen LogP contribution in [0.5, 0.6) is 5.75 Å². The highest BCUT2D eigenvalue weighted by Gasteiger charge is 2.42. The molecule has 5 nitrogen and oxygen atoms in total. The van der Waals surface area contributed by atoms with Gasteiger partial charge in [0.15, 0.2) is 12.1 Å². The molecule has 5 heteroatoms. The number of hydrogen-bond donors (Lipinski definition) is 2. The van der Waals surface area contributed by atoms with E-state index in [2.05, 4.69) is 6.92 Å². The van der Waals surface area contributed by atoms with Crippen LogP contribution in [0.15, 0.2) is 30.3 Å². The molecule has 3 rings (SSSR count). The van der Waals surface area contributed by atoms with Crippen LogP contribution >= 0.6 is 0 Å². The van der Waals surface area contributed by atoms with Crippen LogP contribution in [-0.4, -0.2) is 42.1 Å². The highest BCUT2D eigenvalue weighted by molar-refractivity contribution is 5.20. The molecule has 2 fully saturated rings. The predicted molar refractivity (Wildman–Crippen MR) is 103 cm³/mol. The third-order valence-electron chi connectivity index (χ3n) is 6.34. The lowest BCUT2D eigenvalue weighted by Crippen LogP contribution is -2.40. The molecule has 27 heavy (non-hydrogen) atoms. The molecule has 1 aliphatic carbocycles. The average Bonchev–Trinajstić information content (AvgIpc) is 2.83. The highest BCUT2D eigenvalue weighted by Crippen LogP contribution is 2.45. The van der Waals surface area contributed by atoms with Crippen molar-refractivity contribution in [2.24, 2.45) is 23.7 Å². The molecule has 152 valence electrons. The van der Waals surface area contributed by atoms with Crippen LogP contribution in [0.1, 0.15) is 46.0 Å². The number of para-hydroxylation sites is 1. The van der Waals surface area contributed by atoms with Gasteiger partial charge < -0.3 is 24.4 Å². The minimum absolute atomic E-state index is 0.0289. The Hall–Kier alpha value is -1.14. The minimum atomic E-state index is -1.02. The maximum atomic E-state index is 10.6. The molecule has 1 aromatic carbocycles. The highest BCUT2D eigenvalue weighted by atomic mass is 16.6. The van der Waals surface area contributed by atoms with Crippen molar-refractivity contribution in [3.8, 4) is 5.75 Å². The quantitative estimate of drug-likeness (QED) is 0.561. The first-order valence-corrected chi connectivity index (χ1v) is 10.3. The smallest absolute Gasteiger partial charge is 0.162 e. The van der Waals surface area contributed by atoms with Gasteiger partial charge >= 0.3 is 0 Å². The minimum Gasteiger partial charge on any atom is -0.491 e. The molecule has 1 heterocycles. The Kier molecular flexibility index (Phi) is 7.15. The van der Waals surface area contributed by atoms with Crippen LogP contribution < -0.4 is 4.74 Å². The van der Waals surface area contributed by atoms with Crippen molar-refractivity contribution in [3.05, 3.63) is 30.3 Å². The zero-order valence-electron chi connectivity index (χ0n) is 16.5. The molecule has 1 saturated carbocycles. The molecule has 2 aliphatic rings. The Morgan fingerprint density at radius 3 is 2.74 bits per heavy atom. The molecule has 6 atom stereocenters. The van der Waals surface area contributed by atoms with Crippen LogP contribution in [0.3, 0.4) is 0 Å². The summed E-state index contributed by atoms with van der Waals surface area (Å²) in [6.45, 7) is 5.16. The summed E-state index contributed by atoms with van der Waals surface area (Å²) in [6, 6.07) is 9.62. The summed E-state index contributed by atoms with van der Waals surface area (Å²) < 4.78 is 17.1. The third-order valence-corrected chi connectivity index (χ3v) is 6.34. The molecule has 0 spiro atoms. The summed E-state index contributed by atoms with van der Waals surface area (Å²) in [4.78, 5) is 0. The van der Waals surface area contributed by atoms with E-state index >= 15 is 0 Å². The molecule has 1 aromatic rings. The zero-order chi connectivity index (χ0) is 19.3. The van der Waals surface area contributed by atoms with E-state index in [-0.39, 0.29) is 5.92 Å². The van der Waals surface area contributed by atoms with Gasteiger partial charge in [-0.15, -0.1) is 0 Å². The van der Waals surface area contributed by atoms with Gasteiger partial charge in [-0.25, -0.2) is 0 Å². The number of benzene rings is 1. The van der Waals surface area contributed by atoms with Crippen molar-refractivity contribution in [2.75, 3.05) is 19.8 Å². The van der Waals surface area contributed by atoms with Crippen molar-refractivity contribution >= 4 is 0 Å². The first-order chi connectivity index (χ1) is 13.0. The monoisotopic (exact) mass is 378 g/mol. The topological polar surface area (TPSA) is 68.2 Å². The first-order valence-electron chi connectivity index (χ1n) is 10.3. The largest absolute Gasteiger partial charge is 0.491 e. The van der Waals surface area contributed by atoms with Gasteiger partial charge in [0.25, 0.3) is 0 Å². The molecular weight excluding hydrogens is 344 g/mol. The van der Waals surface area contributed by atoms with E-state index in [1.165, 1.54) is 12.8 Å². The molecule has 0 aromatic heterocycles. The van der Waals surface area contributed by atoms with Crippen LogP contribution in [0.2, 0.25) is 0 Å². The lowest BCUT2D eigenvalue weighted by Gasteiger charge is -2.41. The van der Waals surface area contributed by atoms with Crippen LogP contribution in [-0.2, 0) is 9.47 Å². The van der Waals surface area contributed by atoms with E-state index in [0.717, 1.165) is 18.6 Å². The summed E-state index contributed by atoms with van der Waals surface area (Å²) in [5.41, 5.74) is 0. The average molecular weight is 379 g/mol. The van der Waals surface area contributed by atoms with Gasteiger partial charge in [0.1, 0.15) is 12.4 Å². The summed E-state index contributed by atoms with van der Waals surface area (Å²) in [6.07, 6.45) is 4.30. The zero-order valence-corrected chi connectivity index (χ0v) is 16.5. The fourth-order valence-corrected chi connectivity index (χ4v) is 4.67. The van der Waals surface area contributed by atoms with Gasteiger partial charge in [-0.1, -0.05) is 38.0 Å². The standard InChI is InChI=1S/C22H34O5/c1-16(21(23)26-14-13-25-18-8-4-3-5-9-18)19-10-6-7-17-11-12-22(2,24)27-15-20(17)19/h3-5,8-9,16-17,19-21,23-24H,6-7,10-15H2,1-2H3/t16-,17?,19?,20?,21?,22+/m1/s1. The fraction of sp³-hybridized carbons (Fsp3) is 0.727. The molecule has 2 N–H and O–H groups in total. The number of aliphatic hydroxyl groups is 2. The van der Waals surface area contributed by atoms with Crippen LogP contribution in [0.4, 0.5) is 0 Å². The van der Waals surface area contributed by atoms with Gasteiger partial charge in [-0.3, -0.25) is 0 Å². The van der Waals surface area contributed by atoms with Crippen molar-refractivity contribution in [3.63, 3.8) is 0 Å². The summed E-state index contributed by atoms with van der Waals surface area (Å²) in [5, 5.41) is 20.8. The fourth-order valence-electron chi connectivity index (χ4n) is 4.67. The van der Waals surface area contributed by atoms with E-state index in [0.29, 0.717) is 44.0 Å². The third kappa shape index (κ3) is 5.67. The second-order valence-corrected chi connectivity index (χ2v) is 8.33. The second kappa shape index (κ2) is 9.37. The van der Waals surface area contributed by atoms with E-state index in [1.807, 2.05) is 30.3 Å². The molecule has 1 saturated heterocycles. The van der Waals surface area contributed by atoms with Gasteiger partial charge in [-0.2, -0.15) is 0 Å². The predicted octanol–water partition coefficient (Wildman–Crippen LogP) is 3.59. The first kappa shape index (κ1) is 20.6. The Morgan fingerprint density at radius 2 is 1.96 bits per heavy atom. The van der Waals surface area contributed by atoms with Gasteiger partial charge in [0, 0.05) is 12.3 Å². The van der Waals surface area contributed by atoms with Crippen LogP contribution in [0.25, 0.3) is 0 Å². The number of fused-ring (bicyclic) bond motifs is 1. The molecule has 0 bridgehead atoms.